The SMILES string of the molecule is Cc1nn(-c2ccc(Cl)c(Cl)c2)c(C)c1CC(=O)N1C[C@H]2CNC[C@H]2C1. The first kappa shape index (κ1) is 17.8. The summed E-state index contributed by atoms with van der Waals surface area (Å²) in [4.78, 5) is 14.8. The summed E-state index contributed by atoms with van der Waals surface area (Å²) in [5.74, 6) is 1.42. The number of carbonyl (C=O) groups is 1. The van der Waals surface area contributed by atoms with Crippen LogP contribution in [-0.4, -0.2) is 46.8 Å². The third-order valence-electron chi connectivity index (χ3n) is 5.66. The van der Waals surface area contributed by atoms with Crippen LogP contribution in [0.2, 0.25) is 10.0 Å². The molecular weight excluding hydrogens is 371 g/mol. The number of hydrogen-bond donors (Lipinski definition) is 1. The molecule has 2 saturated heterocycles. The second-order valence-electron chi connectivity index (χ2n) is 7.31. The summed E-state index contributed by atoms with van der Waals surface area (Å²) in [6, 6.07) is 5.44. The number of hydrogen-bond acceptors (Lipinski definition) is 3. The van der Waals surface area contributed by atoms with Gasteiger partial charge in [0.25, 0.3) is 0 Å². The number of aryl methyl sites for hydroxylation is 1. The molecule has 2 fully saturated rings. The predicted octanol–water partition coefficient (Wildman–Crippen LogP) is 3.02. The van der Waals surface area contributed by atoms with E-state index in [-0.39, 0.29) is 5.91 Å². The summed E-state index contributed by atoms with van der Waals surface area (Å²) in [5, 5.41) is 9.04. The van der Waals surface area contributed by atoms with Crippen molar-refractivity contribution in [2.24, 2.45) is 11.8 Å². The van der Waals surface area contributed by atoms with Gasteiger partial charge in [-0.1, -0.05) is 23.2 Å². The lowest BCUT2D eigenvalue weighted by Gasteiger charge is -2.17. The summed E-state index contributed by atoms with van der Waals surface area (Å²) < 4.78 is 1.84. The monoisotopic (exact) mass is 392 g/mol. The fourth-order valence-electron chi connectivity index (χ4n) is 4.12. The average molecular weight is 393 g/mol. The van der Waals surface area contributed by atoms with E-state index in [2.05, 4.69) is 10.4 Å². The molecule has 5 nitrogen and oxygen atoms in total. The van der Waals surface area contributed by atoms with Crippen molar-refractivity contribution in [1.29, 1.82) is 0 Å². The van der Waals surface area contributed by atoms with Gasteiger partial charge in [0.1, 0.15) is 0 Å². The number of halogens is 2. The van der Waals surface area contributed by atoms with E-state index in [1.165, 1.54) is 0 Å². The zero-order valence-electron chi connectivity index (χ0n) is 14.9. The van der Waals surface area contributed by atoms with Crippen LogP contribution >= 0.6 is 23.2 Å². The lowest BCUT2D eigenvalue weighted by Crippen LogP contribution is -2.33. The molecule has 1 aromatic heterocycles. The lowest BCUT2D eigenvalue weighted by molar-refractivity contribution is -0.129. The van der Waals surface area contributed by atoms with Gasteiger partial charge in [0, 0.05) is 37.4 Å². The van der Waals surface area contributed by atoms with Crippen LogP contribution in [0.25, 0.3) is 5.69 Å². The number of fused-ring (bicyclic) bond motifs is 1. The van der Waals surface area contributed by atoms with Crippen molar-refractivity contribution in [3.8, 4) is 5.69 Å². The van der Waals surface area contributed by atoms with Gasteiger partial charge in [-0.05, 0) is 43.9 Å². The average Bonchev–Trinajstić information content (AvgIpc) is 3.27. The van der Waals surface area contributed by atoms with E-state index in [0.29, 0.717) is 28.3 Å². The number of amides is 1. The topological polar surface area (TPSA) is 50.2 Å². The summed E-state index contributed by atoms with van der Waals surface area (Å²) >= 11 is 12.2. The molecule has 2 aliphatic heterocycles. The number of aromatic nitrogens is 2. The van der Waals surface area contributed by atoms with E-state index in [0.717, 1.165) is 48.8 Å². The van der Waals surface area contributed by atoms with Crippen molar-refractivity contribution >= 4 is 29.1 Å². The fourth-order valence-corrected chi connectivity index (χ4v) is 4.41. The highest BCUT2D eigenvalue weighted by Crippen LogP contribution is 2.29. The van der Waals surface area contributed by atoms with Gasteiger partial charge < -0.3 is 10.2 Å². The Labute approximate surface area is 163 Å². The molecule has 4 rings (SSSR count). The van der Waals surface area contributed by atoms with Crippen LogP contribution in [0.5, 0.6) is 0 Å². The molecule has 0 radical (unpaired) electrons. The molecular formula is C19H22Cl2N4O. The molecule has 3 heterocycles. The van der Waals surface area contributed by atoms with Crippen LogP contribution in [-0.2, 0) is 11.2 Å². The summed E-state index contributed by atoms with van der Waals surface area (Å²) in [5.41, 5.74) is 3.69. The smallest absolute Gasteiger partial charge is 0.227 e. The molecule has 1 aromatic carbocycles. The molecule has 2 aromatic rings. The Hall–Kier alpha value is -1.56. The first-order chi connectivity index (χ1) is 12.4. The standard InChI is InChI=1S/C19H22Cl2N4O/c1-11-16(6-19(26)24-9-13-7-22-8-14(13)10-24)12(2)25(23-11)15-3-4-17(20)18(21)5-15/h3-5,13-14,22H,6-10H2,1-2H3/t13-,14+. The summed E-state index contributed by atoms with van der Waals surface area (Å²) in [6.07, 6.45) is 0.395. The van der Waals surface area contributed by atoms with Crippen LogP contribution in [0.15, 0.2) is 18.2 Å². The van der Waals surface area contributed by atoms with Crippen LogP contribution < -0.4 is 5.32 Å². The van der Waals surface area contributed by atoms with Crippen molar-refractivity contribution in [1.82, 2.24) is 20.0 Å². The second-order valence-corrected chi connectivity index (χ2v) is 8.13. The summed E-state index contributed by atoms with van der Waals surface area (Å²) in [6.45, 7) is 7.74. The first-order valence-corrected chi connectivity index (χ1v) is 9.68. The van der Waals surface area contributed by atoms with Gasteiger partial charge in [0.15, 0.2) is 0 Å². The minimum atomic E-state index is 0.194. The molecule has 138 valence electrons. The molecule has 2 atom stereocenters. The molecule has 2 aliphatic rings. The highest BCUT2D eigenvalue weighted by molar-refractivity contribution is 6.42. The first-order valence-electron chi connectivity index (χ1n) is 8.93. The van der Waals surface area contributed by atoms with Crippen molar-refractivity contribution in [3.05, 3.63) is 45.2 Å². The van der Waals surface area contributed by atoms with Gasteiger partial charge in [0.2, 0.25) is 5.91 Å². The molecule has 7 heteroatoms. The number of rotatable bonds is 3. The summed E-state index contributed by atoms with van der Waals surface area (Å²) in [7, 11) is 0. The Kier molecular flexibility index (Phi) is 4.71. The van der Waals surface area contributed by atoms with E-state index in [4.69, 9.17) is 23.2 Å². The Morgan fingerprint density at radius 2 is 1.88 bits per heavy atom. The molecule has 0 saturated carbocycles. The minimum Gasteiger partial charge on any atom is -0.342 e. The maximum absolute atomic E-state index is 12.8. The van der Waals surface area contributed by atoms with E-state index in [1.807, 2.05) is 29.5 Å². The Bertz CT molecular complexity index is 851. The van der Waals surface area contributed by atoms with Crippen molar-refractivity contribution in [2.45, 2.75) is 20.3 Å². The van der Waals surface area contributed by atoms with Crippen LogP contribution in [0.1, 0.15) is 17.0 Å². The number of nitrogens with one attached hydrogen (secondary N) is 1. The van der Waals surface area contributed by atoms with Gasteiger partial charge in [-0.15, -0.1) is 0 Å². The van der Waals surface area contributed by atoms with Gasteiger partial charge in [0.05, 0.1) is 27.8 Å². The Morgan fingerprint density at radius 1 is 1.19 bits per heavy atom. The van der Waals surface area contributed by atoms with E-state index >= 15 is 0 Å². The number of nitrogens with zero attached hydrogens (tertiary/aromatic N) is 3. The van der Waals surface area contributed by atoms with Gasteiger partial charge >= 0.3 is 0 Å². The number of carbonyl (C=O) groups excluding carboxylic acids is 1. The highest BCUT2D eigenvalue weighted by atomic mass is 35.5. The predicted molar refractivity (Wildman–Crippen MR) is 103 cm³/mol. The van der Waals surface area contributed by atoms with Crippen molar-refractivity contribution in [2.75, 3.05) is 26.2 Å². The van der Waals surface area contributed by atoms with Crippen LogP contribution in [0.4, 0.5) is 0 Å². The van der Waals surface area contributed by atoms with Crippen molar-refractivity contribution in [3.63, 3.8) is 0 Å². The zero-order valence-corrected chi connectivity index (χ0v) is 16.4. The maximum atomic E-state index is 12.8. The quantitative estimate of drug-likeness (QED) is 0.872. The van der Waals surface area contributed by atoms with E-state index in [1.54, 1.807) is 12.1 Å². The van der Waals surface area contributed by atoms with E-state index in [9.17, 15) is 4.79 Å². The molecule has 26 heavy (non-hydrogen) atoms. The third-order valence-corrected chi connectivity index (χ3v) is 6.40. The zero-order chi connectivity index (χ0) is 18.4. The normalized spacial score (nSPS) is 22.1. The third kappa shape index (κ3) is 3.13. The highest BCUT2D eigenvalue weighted by Gasteiger charge is 2.38. The molecule has 1 amide bonds. The lowest BCUT2D eigenvalue weighted by atomic mass is 10.0. The second kappa shape index (κ2) is 6.87. The Balaban J connectivity index is 1.55. The molecule has 1 N–H and O–H groups in total. The Morgan fingerprint density at radius 3 is 2.54 bits per heavy atom. The van der Waals surface area contributed by atoms with Crippen molar-refractivity contribution < 1.29 is 4.79 Å². The largest absolute Gasteiger partial charge is 0.342 e. The minimum absolute atomic E-state index is 0.194. The number of likely N-dealkylation sites (tertiary alicyclic amines) is 1. The number of benzene rings is 1. The fraction of sp³-hybridized carbons (Fsp3) is 0.474. The maximum Gasteiger partial charge on any atom is 0.227 e. The van der Waals surface area contributed by atoms with Gasteiger partial charge in [-0.25, -0.2) is 4.68 Å². The van der Waals surface area contributed by atoms with Crippen LogP contribution in [0.3, 0.4) is 0 Å². The van der Waals surface area contributed by atoms with Gasteiger partial charge in [-0.2, -0.15) is 5.10 Å². The van der Waals surface area contributed by atoms with Gasteiger partial charge in [-0.3, -0.25) is 4.79 Å². The molecule has 0 bridgehead atoms. The molecule has 0 spiro atoms. The van der Waals surface area contributed by atoms with E-state index < -0.39 is 0 Å². The molecule has 0 aliphatic carbocycles. The van der Waals surface area contributed by atoms with Crippen LogP contribution in [0, 0.1) is 25.7 Å². The molecule has 0 unspecified atom stereocenters.